The van der Waals surface area contributed by atoms with Gasteiger partial charge in [0.1, 0.15) is 0 Å². The second-order valence-corrected chi connectivity index (χ2v) is 4.00. The fraction of sp³-hybridized carbons (Fsp3) is 1.00. The molecule has 0 heterocycles. The van der Waals surface area contributed by atoms with Gasteiger partial charge in [0, 0.05) is 6.04 Å². The highest BCUT2D eigenvalue weighted by molar-refractivity contribution is 4.47. The van der Waals surface area contributed by atoms with Crippen LogP contribution in [0.5, 0.6) is 0 Å². The highest BCUT2D eigenvalue weighted by atomic mass is 16.5. The van der Waals surface area contributed by atoms with E-state index in [4.69, 9.17) is 10.5 Å². The molecule has 0 saturated carbocycles. The molecule has 13 heavy (non-hydrogen) atoms. The third-order valence-corrected chi connectivity index (χ3v) is 1.29. The Kier molecular flexibility index (Phi) is 11.8. The normalized spacial score (nSPS) is 12.7. The van der Waals surface area contributed by atoms with E-state index in [0.29, 0.717) is 18.2 Å². The zero-order valence-electron chi connectivity index (χ0n) is 10.1. The van der Waals surface area contributed by atoms with E-state index in [9.17, 15) is 0 Å². The van der Waals surface area contributed by atoms with Crippen molar-refractivity contribution in [2.24, 2.45) is 5.73 Å². The second kappa shape index (κ2) is 10.0. The zero-order valence-corrected chi connectivity index (χ0v) is 10.1. The van der Waals surface area contributed by atoms with E-state index in [0.717, 1.165) is 6.42 Å². The van der Waals surface area contributed by atoms with Crippen LogP contribution in [-0.4, -0.2) is 18.2 Å². The molecule has 0 aliphatic heterocycles. The summed E-state index contributed by atoms with van der Waals surface area (Å²) in [5.74, 6) is 0. The van der Waals surface area contributed by atoms with Crippen molar-refractivity contribution in [1.29, 1.82) is 0 Å². The molecule has 0 spiro atoms. The fourth-order valence-electron chi connectivity index (χ4n) is 1.000. The lowest BCUT2D eigenvalue weighted by molar-refractivity contribution is 0.0300. The van der Waals surface area contributed by atoms with Gasteiger partial charge in [-0.3, -0.25) is 0 Å². The van der Waals surface area contributed by atoms with Crippen molar-refractivity contribution >= 4 is 0 Å². The Morgan fingerprint density at radius 2 is 1.38 bits per heavy atom. The molecule has 2 heteroatoms. The van der Waals surface area contributed by atoms with Crippen molar-refractivity contribution in [3.8, 4) is 0 Å². The number of ether oxygens (including phenoxy) is 1. The Morgan fingerprint density at radius 1 is 1.00 bits per heavy atom. The monoisotopic (exact) mass is 189 g/mol. The predicted octanol–water partition coefficient (Wildman–Crippen LogP) is 2.95. The SMILES string of the molecule is CC(C)OC(C)C.CCCC(C)N. The van der Waals surface area contributed by atoms with Crippen LogP contribution in [0.2, 0.25) is 0 Å². The number of hydrogen-bond acceptors (Lipinski definition) is 2. The molecular weight excluding hydrogens is 162 g/mol. The van der Waals surface area contributed by atoms with Gasteiger partial charge in [0.05, 0.1) is 12.2 Å². The average Bonchev–Trinajstić information content (AvgIpc) is 1.83. The van der Waals surface area contributed by atoms with Gasteiger partial charge in [0.25, 0.3) is 0 Å². The lowest BCUT2D eigenvalue weighted by Crippen LogP contribution is -2.13. The fourth-order valence-corrected chi connectivity index (χ4v) is 1.000. The van der Waals surface area contributed by atoms with Crippen molar-refractivity contribution in [3.05, 3.63) is 0 Å². The van der Waals surface area contributed by atoms with Gasteiger partial charge in [-0.2, -0.15) is 0 Å². The van der Waals surface area contributed by atoms with E-state index in [1.54, 1.807) is 0 Å². The van der Waals surface area contributed by atoms with Crippen molar-refractivity contribution < 1.29 is 4.74 Å². The maximum absolute atomic E-state index is 5.40. The summed E-state index contributed by atoms with van der Waals surface area (Å²) >= 11 is 0. The molecular formula is C11H27NO. The Labute approximate surface area is 83.8 Å². The van der Waals surface area contributed by atoms with Crippen LogP contribution in [0.25, 0.3) is 0 Å². The summed E-state index contributed by atoms with van der Waals surface area (Å²) in [5.41, 5.74) is 5.40. The molecule has 0 aliphatic carbocycles. The molecule has 0 rings (SSSR count). The van der Waals surface area contributed by atoms with Crippen LogP contribution in [0.1, 0.15) is 54.4 Å². The quantitative estimate of drug-likeness (QED) is 0.738. The smallest absolute Gasteiger partial charge is 0.0522 e. The second-order valence-electron chi connectivity index (χ2n) is 4.00. The minimum atomic E-state index is 0.375. The molecule has 0 aliphatic rings. The first-order chi connectivity index (χ1) is 5.90. The standard InChI is InChI=1S/C6H14O.C5H13N/c1-5(2)7-6(3)4;1-3-4-5(2)6/h5-6H,1-4H3;5H,3-4,6H2,1-2H3. The summed E-state index contributed by atoms with van der Waals surface area (Å²) in [7, 11) is 0. The predicted molar refractivity (Wildman–Crippen MR) is 59.9 cm³/mol. The summed E-state index contributed by atoms with van der Waals surface area (Å²) in [5, 5.41) is 0. The van der Waals surface area contributed by atoms with Crippen LogP contribution >= 0.6 is 0 Å². The summed E-state index contributed by atoms with van der Waals surface area (Å²) < 4.78 is 5.25. The Hall–Kier alpha value is -0.0800. The summed E-state index contributed by atoms with van der Waals surface area (Å²) in [6.07, 6.45) is 3.11. The lowest BCUT2D eigenvalue weighted by atomic mass is 10.2. The van der Waals surface area contributed by atoms with Gasteiger partial charge in [-0.25, -0.2) is 0 Å². The van der Waals surface area contributed by atoms with E-state index in [2.05, 4.69) is 6.92 Å². The van der Waals surface area contributed by atoms with Gasteiger partial charge < -0.3 is 10.5 Å². The van der Waals surface area contributed by atoms with Crippen LogP contribution in [0.4, 0.5) is 0 Å². The lowest BCUT2D eigenvalue weighted by Gasteiger charge is -2.09. The van der Waals surface area contributed by atoms with E-state index in [-0.39, 0.29) is 0 Å². The molecule has 82 valence electrons. The molecule has 0 aromatic rings. The molecule has 0 radical (unpaired) electrons. The van der Waals surface area contributed by atoms with Crippen molar-refractivity contribution in [2.75, 3.05) is 0 Å². The molecule has 0 bridgehead atoms. The average molecular weight is 189 g/mol. The van der Waals surface area contributed by atoms with Crippen LogP contribution in [0.15, 0.2) is 0 Å². The zero-order chi connectivity index (χ0) is 10.9. The molecule has 0 amide bonds. The van der Waals surface area contributed by atoms with Crippen LogP contribution < -0.4 is 5.73 Å². The highest BCUT2D eigenvalue weighted by Crippen LogP contribution is 1.93. The molecule has 0 aromatic heterocycles. The van der Waals surface area contributed by atoms with E-state index < -0.39 is 0 Å². The van der Waals surface area contributed by atoms with E-state index >= 15 is 0 Å². The van der Waals surface area contributed by atoms with Gasteiger partial charge in [-0.15, -0.1) is 0 Å². The minimum absolute atomic E-state index is 0.375. The maximum Gasteiger partial charge on any atom is 0.0522 e. The van der Waals surface area contributed by atoms with Gasteiger partial charge >= 0.3 is 0 Å². The Bertz CT molecular complexity index is 84.1. The van der Waals surface area contributed by atoms with Gasteiger partial charge in [0.15, 0.2) is 0 Å². The van der Waals surface area contributed by atoms with Gasteiger partial charge in [-0.05, 0) is 41.0 Å². The molecule has 0 fully saturated rings. The summed E-state index contributed by atoms with van der Waals surface area (Å²) in [4.78, 5) is 0. The molecule has 0 saturated heterocycles. The van der Waals surface area contributed by atoms with Crippen molar-refractivity contribution in [3.63, 3.8) is 0 Å². The van der Waals surface area contributed by atoms with Crippen molar-refractivity contribution in [1.82, 2.24) is 0 Å². The van der Waals surface area contributed by atoms with Crippen LogP contribution in [-0.2, 0) is 4.74 Å². The molecule has 2 N–H and O–H groups in total. The summed E-state index contributed by atoms with van der Waals surface area (Å²) in [6, 6.07) is 0.398. The third-order valence-electron chi connectivity index (χ3n) is 1.29. The maximum atomic E-state index is 5.40. The van der Waals surface area contributed by atoms with Gasteiger partial charge in [0.2, 0.25) is 0 Å². The first-order valence-electron chi connectivity index (χ1n) is 5.31. The summed E-state index contributed by atoms with van der Waals surface area (Å²) in [6.45, 7) is 12.3. The molecule has 0 aromatic carbocycles. The number of hydrogen-bond donors (Lipinski definition) is 1. The van der Waals surface area contributed by atoms with Crippen molar-refractivity contribution in [2.45, 2.75) is 72.6 Å². The van der Waals surface area contributed by atoms with E-state index in [1.807, 2.05) is 34.6 Å². The molecule has 2 nitrogen and oxygen atoms in total. The minimum Gasteiger partial charge on any atom is -0.376 e. The number of nitrogens with two attached hydrogens (primary N) is 1. The van der Waals surface area contributed by atoms with Gasteiger partial charge in [-0.1, -0.05) is 13.3 Å². The Morgan fingerprint density at radius 3 is 1.38 bits per heavy atom. The topological polar surface area (TPSA) is 35.2 Å². The highest BCUT2D eigenvalue weighted by Gasteiger charge is 1.94. The first-order valence-corrected chi connectivity index (χ1v) is 5.31. The third kappa shape index (κ3) is 24.5. The molecule has 1 unspecified atom stereocenters. The number of rotatable bonds is 4. The van der Waals surface area contributed by atoms with Crippen LogP contribution in [0.3, 0.4) is 0 Å². The first kappa shape index (κ1) is 15.4. The Balaban J connectivity index is 0. The largest absolute Gasteiger partial charge is 0.376 e. The van der Waals surface area contributed by atoms with Crippen LogP contribution in [0, 0.1) is 0 Å². The molecule has 1 atom stereocenters. The van der Waals surface area contributed by atoms with E-state index in [1.165, 1.54) is 6.42 Å².